The third-order valence-electron chi connectivity index (χ3n) is 0.863. The Labute approximate surface area is 55.4 Å². The maximum absolute atomic E-state index is 3.68. The normalized spacial score (nSPS) is 9.56. The molecule has 0 rings (SSSR count). The first-order valence-corrected chi connectivity index (χ1v) is 2.53. The Balaban J connectivity index is 3.76. The molecule has 0 N–H and O–H groups in total. The van der Waals surface area contributed by atoms with E-state index < -0.39 is 0 Å². The van der Waals surface area contributed by atoms with Gasteiger partial charge in [0, 0.05) is 26.5 Å². The van der Waals surface area contributed by atoms with Crippen molar-refractivity contribution in [2.45, 2.75) is 0 Å². The summed E-state index contributed by atoms with van der Waals surface area (Å²) in [5.74, 6) is 0. The molecule has 0 aromatic heterocycles. The van der Waals surface area contributed by atoms with E-state index in [2.05, 4.69) is 23.5 Å². The fraction of sp³-hybridized carbons (Fsp3) is 0.333. The number of hydrogen-bond acceptors (Lipinski definition) is 3. The molecular formula is C6H11N3. The van der Waals surface area contributed by atoms with Gasteiger partial charge < -0.3 is 4.90 Å². The predicted octanol–water partition coefficient (Wildman–Crippen LogP) is 0.748. The van der Waals surface area contributed by atoms with E-state index in [1.807, 2.05) is 19.0 Å². The largest absolute Gasteiger partial charge is 0.377 e. The molecule has 9 heavy (non-hydrogen) atoms. The lowest BCUT2D eigenvalue weighted by Crippen LogP contribution is -2.10. The highest BCUT2D eigenvalue weighted by Crippen LogP contribution is 1.87. The molecule has 0 aromatic rings. The van der Waals surface area contributed by atoms with Crippen LogP contribution < -0.4 is 0 Å². The van der Waals surface area contributed by atoms with Crippen molar-refractivity contribution in [2.75, 3.05) is 14.1 Å². The molecule has 0 heterocycles. The summed E-state index contributed by atoms with van der Waals surface area (Å²) in [7, 11) is 3.77. The Morgan fingerprint density at radius 2 is 2.11 bits per heavy atom. The van der Waals surface area contributed by atoms with Crippen LogP contribution in [-0.4, -0.2) is 31.9 Å². The summed E-state index contributed by atoms with van der Waals surface area (Å²) in [5.41, 5.74) is 0.808. The van der Waals surface area contributed by atoms with Gasteiger partial charge in [-0.2, -0.15) is 10.2 Å². The van der Waals surface area contributed by atoms with Gasteiger partial charge in [-0.15, -0.1) is 0 Å². The lowest BCUT2D eigenvalue weighted by molar-refractivity contribution is 0.544. The van der Waals surface area contributed by atoms with Gasteiger partial charge in [-0.3, -0.25) is 0 Å². The van der Waals surface area contributed by atoms with Crippen LogP contribution in [0, 0.1) is 0 Å². The molecule has 0 aromatic carbocycles. The smallest absolute Gasteiger partial charge is 0.0722 e. The van der Waals surface area contributed by atoms with Crippen LogP contribution in [0.4, 0.5) is 0 Å². The van der Waals surface area contributed by atoms with E-state index in [-0.39, 0.29) is 0 Å². The molecule has 50 valence electrons. The minimum absolute atomic E-state index is 0.808. The summed E-state index contributed by atoms with van der Waals surface area (Å²) in [6.07, 6.45) is 1.55. The first-order valence-electron chi connectivity index (χ1n) is 2.53. The molecule has 0 saturated heterocycles. The zero-order valence-corrected chi connectivity index (χ0v) is 5.83. The van der Waals surface area contributed by atoms with E-state index in [4.69, 9.17) is 0 Å². The Morgan fingerprint density at radius 1 is 1.56 bits per heavy atom. The van der Waals surface area contributed by atoms with Gasteiger partial charge in [-0.25, -0.2) is 0 Å². The topological polar surface area (TPSA) is 28.0 Å². The molecule has 3 nitrogen and oxygen atoms in total. The highest BCUT2D eigenvalue weighted by Gasteiger charge is 1.87. The van der Waals surface area contributed by atoms with Gasteiger partial charge in [0.15, 0.2) is 0 Å². The van der Waals surface area contributed by atoms with E-state index in [0.717, 1.165) is 5.70 Å². The fourth-order valence-electron chi connectivity index (χ4n) is 0.223. The van der Waals surface area contributed by atoms with Crippen molar-refractivity contribution in [1.82, 2.24) is 4.90 Å². The summed E-state index contributed by atoms with van der Waals surface area (Å²) >= 11 is 0. The Kier molecular flexibility index (Phi) is 3.35. The van der Waals surface area contributed by atoms with E-state index >= 15 is 0 Å². The van der Waals surface area contributed by atoms with Crippen molar-refractivity contribution in [3.63, 3.8) is 0 Å². The lowest BCUT2D eigenvalue weighted by atomic mass is 10.5. The average Bonchev–Trinajstić information content (AvgIpc) is 1.82. The van der Waals surface area contributed by atoms with Crippen molar-refractivity contribution >= 4 is 12.9 Å². The molecule has 0 spiro atoms. The highest BCUT2D eigenvalue weighted by molar-refractivity contribution is 5.76. The molecule has 0 atom stereocenters. The van der Waals surface area contributed by atoms with Crippen LogP contribution >= 0.6 is 0 Å². The summed E-state index contributed by atoms with van der Waals surface area (Å²) in [4.78, 5) is 1.84. The van der Waals surface area contributed by atoms with Gasteiger partial charge in [0.25, 0.3) is 0 Å². The average molecular weight is 125 g/mol. The monoisotopic (exact) mass is 125 g/mol. The third-order valence-corrected chi connectivity index (χ3v) is 0.863. The second-order valence-electron chi connectivity index (χ2n) is 1.77. The second kappa shape index (κ2) is 3.83. The van der Waals surface area contributed by atoms with Gasteiger partial charge in [0.05, 0.1) is 6.21 Å². The molecule has 3 heteroatoms. The van der Waals surface area contributed by atoms with Crippen molar-refractivity contribution in [3.8, 4) is 0 Å². The number of allylic oxidation sites excluding steroid dienone is 1. The molecule has 0 saturated carbocycles. The SMILES string of the molecule is C=NN=CC(=C)N(C)C. The van der Waals surface area contributed by atoms with E-state index in [0.29, 0.717) is 0 Å². The van der Waals surface area contributed by atoms with Crippen LogP contribution in [0.3, 0.4) is 0 Å². The second-order valence-corrected chi connectivity index (χ2v) is 1.77. The molecular weight excluding hydrogens is 114 g/mol. The summed E-state index contributed by atoms with van der Waals surface area (Å²) in [6.45, 7) is 6.86. The highest BCUT2D eigenvalue weighted by atomic mass is 15.2. The Morgan fingerprint density at radius 3 is 2.44 bits per heavy atom. The Bertz CT molecular complexity index is 135. The lowest BCUT2D eigenvalue weighted by Gasteiger charge is -2.09. The minimum atomic E-state index is 0.808. The molecule has 0 fully saturated rings. The summed E-state index contributed by atoms with van der Waals surface area (Å²) in [5, 5.41) is 6.83. The minimum Gasteiger partial charge on any atom is -0.377 e. The Hall–Kier alpha value is -1.12. The van der Waals surface area contributed by atoms with Crippen LogP contribution in [0.25, 0.3) is 0 Å². The summed E-state index contributed by atoms with van der Waals surface area (Å²) in [6, 6.07) is 0. The van der Waals surface area contributed by atoms with Gasteiger partial charge in [-0.1, -0.05) is 6.58 Å². The van der Waals surface area contributed by atoms with Gasteiger partial charge in [0.2, 0.25) is 0 Å². The van der Waals surface area contributed by atoms with E-state index in [1.54, 1.807) is 6.21 Å². The van der Waals surface area contributed by atoms with Crippen molar-refractivity contribution in [1.29, 1.82) is 0 Å². The first kappa shape index (κ1) is 7.88. The molecule has 0 aliphatic heterocycles. The molecule has 0 amide bonds. The van der Waals surface area contributed by atoms with Crippen molar-refractivity contribution in [2.24, 2.45) is 10.2 Å². The van der Waals surface area contributed by atoms with Crippen LogP contribution in [0.2, 0.25) is 0 Å². The maximum Gasteiger partial charge on any atom is 0.0722 e. The number of rotatable bonds is 3. The van der Waals surface area contributed by atoms with E-state index in [9.17, 15) is 0 Å². The third kappa shape index (κ3) is 3.46. The first-order chi connectivity index (χ1) is 4.18. The van der Waals surface area contributed by atoms with E-state index in [1.165, 1.54) is 0 Å². The quantitative estimate of drug-likeness (QED) is 0.404. The van der Waals surface area contributed by atoms with Crippen LogP contribution in [-0.2, 0) is 0 Å². The van der Waals surface area contributed by atoms with Crippen LogP contribution in [0.5, 0.6) is 0 Å². The number of nitrogens with zero attached hydrogens (tertiary/aromatic N) is 3. The number of hydrogen-bond donors (Lipinski definition) is 0. The fourth-order valence-corrected chi connectivity index (χ4v) is 0.223. The summed E-state index contributed by atoms with van der Waals surface area (Å²) < 4.78 is 0. The van der Waals surface area contributed by atoms with Gasteiger partial charge in [-0.05, 0) is 0 Å². The van der Waals surface area contributed by atoms with Crippen LogP contribution in [0.15, 0.2) is 22.5 Å². The molecule has 0 aliphatic rings. The standard InChI is InChI=1S/C6H11N3/c1-6(9(3)4)5-8-7-2/h5H,1-2H2,3-4H3. The molecule has 0 radical (unpaired) electrons. The van der Waals surface area contributed by atoms with Crippen molar-refractivity contribution in [3.05, 3.63) is 12.3 Å². The maximum atomic E-state index is 3.68. The molecule has 0 aliphatic carbocycles. The predicted molar refractivity (Wildman–Crippen MR) is 40.9 cm³/mol. The van der Waals surface area contributed by atoms with Crippen molar-refractivity contribution < 1.29 is 0 Å². The van der Waals surface area contributed by atoms with Gasteiger partial charge in [0.1, 0.15) is 0 Å². The molecule has 0 unspecified atom stereocenters. The van der Waals surface area contributed by atoms with Crippen LogP contribution in [0.1, 0.15) is 0 Å². The molecule has 0 bridgehead atoms. The zero-order chi connectivity index (χ0) is 7.28. The van der Waals surface area contributed by atoms with Gasteiger partial charge >= 0.3 is 0 Å². The zero-order valence-electron chi connectivity index (χ0n) is 5.83.